The molecule has 0 aliphatic carbocycles. The number of nitrogens with zero attached hydrogens (tertiary/aromatic N) is 3. The van der Waals surface area contributed by atoms with Gasteiger partial charge in [0.1, 0.15) is 5.76 Å². The first-order valence-electron chi connectivity index (χ1n) is 12.2. The highest BCUT2D eigenvalue weighted by Crippen LogP contribution is 2.32. The fourth-order valence-electron chi connectivity index (χ4n) is 3.99. The molecule has 0 N–H and O–H groups in total. The van der Waals surface area contributed by atoms with Crippen molar-refractivity contribution >= 4 is 5.97 Å². The summed E-state index contributed by atoms with van der Waals surface area (Å²) in [5.74, 6) is 1.47. The molecule has 4 rings (SSSR count). The molecule has 0 amide bonds. The number of ether oxygens (including phenoxy) is 3. The summed E-state index contributed by atoms with van der Waals surface area (Å²) < 4.78 is 24.2. The number of hydrogen-bond donors (Lipinski definition) is 0. The predicted octanol–water partition coefficient (Wildman–Crippen LogP) is 5.40. The van der Waals surface area contributed by atoms with Gasteiger partial charge in [0, 0.05) is 24.8 Å². The molecule has 0 atom stereocenters. The Morgan fingerprint density at radius 3 is 2.49 bits per heavy atom. The van der Waals surface area contributed by atoms with Crippen LogP contribution in [0.5, 0.6) is 11.5 Å². The molecule has 0 bridgehead atoms. The van der Waals surface area contributed by atoms with E-state index in [0.29, 0.717) is 31.1 Å². The van der Waals surface area contributed by atoms with E-state index in [4.69, 9.17) is 18.6 Å². The molecule has 0 radical (unpaired) electrons. The topological polar surface area (TPSA) is 79.0 Å². The monoisotopic (exact) mass is 503 g/mol. The average Bonchev–Trinajstić information content (AvgIpc) is 3.58. The van der Waals surface area contributed by atoms with Crippen LogP contribution < -0.4 is 9.47 Å². The van der Waals surface area contributed by atoms with E-state index < -0.39 is 11.6 Å². The second-order valence-corrected chi connectivity index (χ2v) is 9.17. The van der Waals surface area contributed by atoms with Crippen LogP contribution in [0.25, 0.3) is 5.69 Å². The maximum absolute atomic E-state index is 12.3. The molecule has 37 heavy (non-hydrogen) atoms. The summed E-state index contributed by atoms with van der Waals surface area (Å²) in [5.41, 5.74) is 1.98. The Labute approximate surface area is 217 Å². The third-order valence-corrected chi connectivity index (χ3v) is 5.79. The number of methoxy groups -OCH3 is 1. The number of rotatable bonds is 12. The Hall–Kier alpha value is -4.04. The van der Waals surface area contributed by atoms with Gasteiger partial charge >= 0.3 is 5.97 Å². The lowest BCUT2D eigenvalue weighted by Gasteiger charge is -2.26. The lowest BCUT2D eigenvalue weighted by Crippen LogP contribution is -2.39. The van der Waals surface area contributed by atoms with Crippen LogP contribution in [0.15, 0.2) is 83.7 Å². The summed E-state index contributed by atoms with van der Waals surface area (Å²) in [6.45, 7) is 7.35. The lowest BCUT2D eigenvalue weighted by atomic mass is 10.1. The van der Waals surface area contributed by atoms with Crippen LogP contribution in [0.1, 0.15) is 37.7 Å². The molecular formula is C29H33N3O5. The van der Waals surface area contributed by atoms with Crippen LogP contribution in [0.3, 0.4) is 0 Å². The summed E-state index contributed by atoms with van der Waals surface area (Å²) in [5, 5.41) is 4.54. The molecule has 8 heteroatoms. The zero-order chi connectivity index (χ0) is 26.3. The Bertz CT molecular complexity index is 1280. The van der Waals surface area contributed by atoms with Gasteiger partial charge in [-0.25, -0.2) is 9.48 Å². The molecule has 0 saturated carbocycles. The highest BCUT2D eigenvalue weighted by atomic mass is 16.6. The third kappa shape index (κ3) is 6.80. The van der Waals surface area contributed by atoms with Gasteiger partial charge in [0.15, 0.2) is 17.1 Å². The largest absolute Gasteiger partial charge is 0.493 e. The highest BCUT2D eigenvalue weighted by molar-refractivity contribution is 5.79. The van der Waals surface area contributed by atoms with Crippen molar-refractivity contribution in [2.45, 2.75) is 46.0 Å². The molecule has 0 fully saturated rings. The molecule has 0 saturated heterocycles. The van der Waals surface area contributed by atoms with Crippen molar-refractivity contribution in [3.05, 3.63) is 96.2 Å². The van der Waals surface area contributed by atoms with Gasteiger partial charge in [-0.1, -0.05) is 24.3 Å². The standard InChI is InChI=1S/C29H33N3O5/c1-5-35-28(33)29(2,3)37-26-14-13-22(16-27(26)34-4)18-31(21-25-12-9-15-36-25)19-23-17-30-32(20-23)24-10-7-6-8-11-24/h6-17,20H,5,18-19,21H2,1-4H3. The number of furan rings is 1. The van der Waals surface area contributed by atoms with Crippen molar-refractivity contribution in [2.24, 2.45) is 0 Å². The van der Waals surface area contributed by atoms with Crippen molar-refractivity contribution in [3.63, 3.8) is 0 Å². The smallest absolute Gasteiger partial charge is 0.349 e. The summed E-state index contributed by atoms with van der Waals surface area (Å²) >= 11 is 0. The van der Waals surface area contributed by atoms with E-state index in [1.807, 2.05) is 77.7 Å². The Morgan fingerprint density at radius 1 is 1.00 bits per heavy atom. The van der Waals surface area contributed by atoms with E-state index in [-0.39, 0.29) is 6.61 Å². The Kier molecular flexibility index (Phi) is 8.30. The van der Waals surface area contributed by atoms with Crippen molar-refractivity contribution < 1.29 is 23.4 Å². The second kappa shape index (κ2) is 11.8. The first-order chi connectivity index (χ1) is 17.9. The zero-order valence-electron chi connectivity index (χ0n) is 21.7. The molecule has 2 aromatic carbocycles. The highest BCUT2D eigenvalue weighted by Gasteiger charge is 2.32. The minimum Gasteiger partial charge on any atom is -0.493 e. The first-order valence-corrected chi connectivity index (χ1v) is 12.2. The molecule has 194 valence electrons. The quantitative estimate of drug-likeness (QED) is 0.240. The Balaban J connectivity index is 1.52. The van der Waals surface area contributed by atoms with E-state index in [1.165, 1.54) is 0 Å². The van der Waals surface area contributed by atoms with Crippen LogP contribution in [-0.2, 0) is 29.2 Å². The summed E-state index contributed by atoms with van der Waals surface area (Å²) in [7, 11) is 1.59. The van der Waals surface area contributed by atoms with Gasteiger partial charge in [0.2, 0.25) is 0 Å². The van der Waals surface area contributed by atoms with Gasteiger partial charge in [-0.3, -0.25) is 4.90 Å². The normalized spacial score (nSPS) is 11.5. The number of carbonyl (C=O) groups excluding carboxylic acids is 1. The van der Waals surface area contributed by atoms with Crippen LogP contribution in [0, 0.1) is 0 Å². The minimum absolute atomic E-state index is 0.289. The van der Waals surface area contributed by atoms with Crippen molar-refractivity contribution in [3.8, 4) is 17.2 Å². The van der Waals surface area contributed by atoms with Gasteiger partial charge in [-0.2, -0.15) is 5.10 Å². The number of aromatic nitrogens is 2. The molecule has 4 aromatic rings. The Morgan fingerprint density at radius 2 is 1.78 bits per heavy atom. The number of benzene rings is 2. The van der Waals surface area contributed by atoms with Crippen molar-refractivity contribution in [2.75, 3.05) is 13.7 Å². The fraction of sp³-hybridized carbons (Fsp3) is 0.310. The van der Waals surface area contributed by atoms with E-state index in [9.17, 15) is 4.79 Å². The SMILES string of the molecule is CCOC(=O)C(C)(C)Oc1ccc(CN(Cc2cnn(-c3ccccc3)c2)Cc2ccco2)cc1OC. The third-order valence-electron chi connectivity index (χ3n) is 5.79. The number of carbonyl (C=O) groups is 1. The van der Waals surface area contributed by atoms with Crippen LogP contribution in [0.2, 0.25) is 0 Å². The van der Waals surface area contributed by atoms with Gasteiger partial charge in [-0.15, -0.1) is 0 Å². The lowest BCUT2D eigenvalue weighted by molar-refractivity contribution is -0.158. The average molecular weight is 504 g/mol. The van der Waals surface area contributed by atoms with Crippen molar-refractivity contribution in [1.29, 1.82) is 0 Å². The van der Waals surface area contributed by atoms with E-state index in [2.05, 4.69) is 10.00 Å². The zero-order valence-corrected chi connectivity index (χ0v) is 21.7. The van der Waals surface area contributed by atoms with Gasteiger partial charge in [-0.05, 0) is 62.7 Å². The maximum Gasteiger partial charge on any atom is 0.349 e. The van der Waals surface area contributed by atoms with Crippen LogP contribution in [0.4, 0.5) is 0 Å². The van der Waals surface area contributed by atoms with E-state index >= 15 is 0 Å². The molecule has 0 aliphatic heterocycles. The van der Waals surface area contributed by atoms with Gasteiger partial charge in [0.25, 0.3) is 0 Å². The summed E-state index contributed by atoms with van der Waals surface area (Å²) in [4.78, 5) is 14.6. The van der Waals surface area contributed by atoms with E-state index in [0.717, 1.165) is 22.6 Å². The molecule has 0 aliphatic rings. The molecular weight excluding hydrogens is 470 g/mol. The maximum atomic E-state index is 12.3. The first kappa shape index (κ1) is 26.0. The summed E-state index contributed by atoms with van der Waals surface area (Å²) in [6.07, 6.45) is 5.61. The number of para-hydroxylation sites is 1. The number of hydrogen-bond acceptors (Lipinski definition) is 7. The van der Waals surface area contributed by atoms with Crippen molar-refractivity contribution in [1.82, 2.24) is 14.7 Å². The van der Waals surface area contributed by atoms with E-state index in [1.54, 1.807) is 34.1 Å². The molecule has 0 spiro atoms. The molecule has 2 heterocycles. The second-order valence-electron chi connectivity index (χ2n) is 9.17. The summed E-state index contributed by atoms with van der Waals surface area (Å²) in [6, 6.07) is 19.6. The minimum atomic E-state index is -1.14. The molecule has 8 nitrogen and oxygen atoms in total. The molecule has 0 unspecified atom stereocenters. The molecule has 2 aromatic heterocycles. The van der Waals surface area contributed by atoms with Crippen LogP contribution >= 0.6 is 0 Å². The predicted molar refractivity (Wildman–Crippen MR) is 140 cm³/mol. The van der Waals surface area contributed by atoms with Gasteiger partial charge < -0.3 is 18.6 Å². The fourth-order valence-corrected chi connectivity index (χ4v) is 3.99. The number of esters is 1. The van der Waals surface area contributed by atoms with Gasteiger partial charge in [0.05, 0.1) is 38.4 Å². The van der Waals surface area contributed by atoms with Crippen LogP contribution in [-0.4, -0.2) is 40.0 Å².